The lowest BCUT2D eigenvalue weighted by Gasteiger charge is -2.32. The molecule has 164 valence electrons. The third-order valence-corrected chi connectivity index (χ3v) is 4.58. The van der Waals surface area contributed by atoms with Crippen molar-refractivity contribution in [3.8, 4) is 11.1 Å². The molecule has 0 aliphatic carbocycles. The van der Waals surface area contributed by atoms with Crippen LogP contribution in [0.15, 0.2) is 36.5 Å². The number of hydroxylamine groups is 2. The summed E-state index contributed by atoms with van der Waals surface area (Å²) in [5.41, 5.74) is -5.01. The van der Waals surface area contributed by atoms with Crippen LogP contribution in [0.3, 0.4) is 0 Å². The molecular weight excluding hydrogens is 418 g/mol. The highest BCUT2D eigenvalue weighted by Crippen LogP contribution is 2.50. The molecule has 1 amide bonds. The Morgan fingerprint density at radius 1 is 1.10 bits per heavy atom. The molecule has 1 aromatic carbocycles. The Kier molecular flexibility index (Phi) is 6.48. The van der Waals surface area contributed by atoms with Crippen LogP contribution in [0.1, 0.15) is 28.5 Å². The lowest BCUT2D eigenvalue weighted by atomic mass is 9.90. The normalized spacial score (nSPS) is 12.7. The Labute approximate surface area is 167 Å². The van der Waals surface area contributed by atoms with E-state index in [1.54, 1.807) is 6.92 Å². The Bertz CT molecular complexity index is 896. The summed E-state index contributed by atoms with van der Waals surface area (Å²) in [6.45, 7) is 1.76. The van der Waals surface area contributed by atoms with Crippen LogP contribution in [0, 0.1) is 0 Å². The number of hydrogen-bond donors (Lipinski definition) is 1. The van der Waals surface area contributed by atoms with Crippen LogP contribution in [0.2, 0.25) is 0 Å². The lowest BCUT2D eigenvalue weighted by molar-refractivity contribution is -0.376. The summed E-state index contributed by atoms with van der Waals surface area (Å²) in [6.07, 6.45) is -10.2. The van der Waals surface area contributed by atoms with Gasteiger partial charge in [-0.05, 0) is 23.6 Å². The zero-order valence-corrected chi connectivity index (χ0v) is 16.1. The molecule has 11 heteroatoms. The first kappa shape index (κ1) is 23.6. The second-order valence-corrected chi connectivity index (χ2v) is 6.35. The highest BCUT2D eigenvalue weighted by Gasteiger charge is 2.71. The van der Waals surface area contributed by atoms with Crippen LogP contribution in [0.5, 0.6) is 0 Å². The monoisotopic (exact) mass is 436 g/mol. The van der Waals surface area contributed by atoms with Crippen molar-refractivity contribution < 1.29 is 41.1 Å². The van der Waals surface area contributed by atoms with Crippen LogP contribution in [-0.2, 0) is 16.9 Å². The van der Waals surface area contributed by atoms with Crippen molar-refractivity contribution in [2.45, 2.75) is 31.3 Å². The Morgan fingerprint density at radius 3 is 2.07 bits per heavy atom. The summed E-state index contributed by atoms with van der Waals surface area (Å²) in [4.78, 5) is 20.9. The fourth-order valence-electron chi connectivity index (χ4n) is 2.79. The molecule has 0 saturated carbocycles. The Balaban J connectivity index is 2.49. The topological polar surface area (TPSA) is 62.7 Å². The molecule has 0 aliphatic rings. The number of rotatable bonds is 5. The highest BCUT2D eigenvalue weighted by atomic mass is 19.4. The maximum atomic E-state index is 13.0. The molecule has 0 saturated heterocycles. The average molecular weight is 436 g/mol. The molecule has 5 nitrogen and oxygen atoms in total. The zero-order chi connectivity index (χ0) is 22.9. The van der Waals surface area contributed by atoms with Gasteiger partial charge < -0.3 is 5.11 Å². The lowest BCUT2D eigenvalue weighted by Crippen LogP contribution is -2.53. The quantitative estimate of drug-likeness (QED) is 0.562. The first-order chi connectivity index (χ1) is 13.8. The number of aliphatic hydroxyl groups is 1. The second-order valence-electron chi connectivity index (χ2n) is 6.35. The van der Waals surface area contributed by atoms with Crippen molar-refractivity contribution in [1.82, 2.24) is 10.0 Å². The fraction of sp³-hybridized carbons (Fsp3) is 0.368. The van der Waals surface area contributed by atoms with Gasteiger partial charge in [0.1, 0.15) is 5.69 Å². The number of aromatic nitrogens is 1. The van der Waals surface area contributed by atoms with Crippen LogP contribution < -0.4 is 0 Å². The highest BCUT2D eigenvalue weighted by molar-refractivity contribution is 5.92. The van der Waals surface area contributed by atoms with E-state index in [9.17, 15) is 36.2 Å². The van der Waals surface area contributed by atoms with Gasteiger partial charge in [-0.25, -0.2) is 5.06 Å². The van der Waals surface area contributed by atoms with Gasteiger partial charge in [-0.3, -0.25) is 14.6 Å². The van der Waals surface area contributed by atoms with Crippen LogP contribution in [0.4, 0.5) is 26.3 Å². The van der Waals surface area contributed by atoms with Crippen molar-refractivity contribution in [2.24, 2.45) is 0 Å². The molecule has 0 spiro atoms. The van der Waals surface area contributed by atoms with Crippen molar-refractivity contribution in [2.75, 3.05) is 14.2 Å². The van der Waals surface area contributed by atoms with Gasteiger partial charge in [0.05, 0.1) is 7.11 Å². The third kappa shape index (κ3) is 4.12. The van der Waals surface area contributed by atoms with E-state index in [0.29, 0.717) is 29.7 Å². The van der Waals surface area contributed by atoms with Crippen molar-refractivity contribution in [3.05, 3.63) is 53.3 Å². The van der Waals surface area contributed by atoms with E-state index in [1.165, 1.54) is 26.4 Å². The van der Waals surface area contributed by atoms with E-state index < -0.39 is 29.4 Å². The number of hydrogen-bond acceptors (Lipinski definition) is 4. The van der Waals surface area contributed by atoms with Crippen LogP contribution >= 0.6 is 0 Å². The predicted molar refractivity (Wildman–Crippen MR) is 94.2 cm³/mol. The Morgan fingerprint density at radius 2 is 1.63 bits per heavy atom. The smallest absolute Gasteiger partial charge is 0.369 e. The molecule has 2 aromatic rings. The largest absolute Gasteiger partial charge is 0.430 e. The molecule has 0 radical (unpaired) electrons. The number of carbonyl (C=O) groups excluding carboxylic acids is 1. The van der Waals surface area contributed by atoms with Gasteiger partial charge in [0.15, 0.2) is 0 Å². The maximum Gasteiger partial charge on any atom is 0.430 e. The molecule has 30 heavy (non-hydrogen) atoms. The first-order valence-corrected chi connectivity index (χ1v) is 8.55. The van der Waals surface area contributed by atoms with Crippen molar-refractivity contribution in [3.63, 3.8) is 0 Å². The average Bonchev–Trinajstić information content (AvgIpc) is 2.69. The van der Waals surface area contributed by atoms with E-state index in [4.69, 9.17) is 4.84 Å². The molecule has 0 unspecified atom stereocenters. The first-order valence-electron chi connectivity index (χ1n) is 8.55. The molecule has 1 aromatic heterocycles. The fourth-order valence-corrected chi connectivity index (χ4v) is 2.79. The summed E-state index contributed by atoms with van der Waals surface area (Å²) in [5.74, 6) is -0.533. The van der Waals surface area contributed by atoms with Crippen LogP contribution in [0.25, 0.3) is 11.1 Å². The minimum atomic E-state index is -5.96. The number of benzene rings is 1. The van der Waals surface area contributed by atoms with Crippen molar-refractivity contribution in [1.29, 1.82) is 0 Å². The number of pyridine rings is 1. The number of carbonyl (C=O) groups is 1. The summed E-state index contributed by atoms with van der Waals surface area (Å²) < 4.78 is 78.1. The van der Waals surface area contributed by atoms with Gasteiger partial charge in [-0.15, -0.1) is 0 Å². The maximum absolute atomic E-state index is 13.0. The minimum Gasteiger partial charge on any atom is -0.369 e. The molecule has 0 fully saturated rings. The number of aryl methyl sites for hydroxylation is 1. The number of nitrogens with zero attached hydrogens (tertiary/aromatic N) is 2. The number of alkyl halides is 6. The van der Waals surface area contributed by atoms with E-state index in [-0.39, 0.29) is 11.3 Å². The van der Waals surface area contributed by atoms with Gasteiger partial charge >= 0.3 is 12.4 Å². The van der Waals surface area contributed by atoms with Gasteiger partial charge in [-0.2, -0.15) is 26.3 Å². The van der Waals surface area contributed by atoms with E-state index in [1.807, 2.05) is 0 Å². The minimum absolute atomic E-state index is 0.0556. The molecular formula is C19H18F6N2O3. The van der Waals surface area contributed by atoms with E-state index in [0.717, 1.165) is 17.2 Å². The predicted octanol–water partition coefficient (Wildman–Crippen LogP) is 4.26. The number of amides is 1. The van der Waals surface area contributed by atoms with Gasteiger partial charge in [0, 0.05) is 24.4 Å². The van der Waals surface area contributed by atoms with Gasteiger partial charge in [0.25, 0.3) is 11.5 Å². The van der Waals surface area contributed by atoms with Crippen molar-refractivity contribution >= 4 is 5.91 Å². The van der Waals surface area contributed by atoms with Crippen LogP contribution in [-0.4, -0.2) is 47.6 Å². The van der Waals surface area contributed by atoms with E-state index in [2.05, 4.69) is 4.98 Å². The SMILES string of the molecule is CCc1cc(C(=O)N(C)OC)ncc1-c1ccc(C(O)(C(F)(F)F)C(F)(F)F)cc1. The second kappa shape index (κ2) is 8.23. The molecule has 0 bridgehead atoms. The molecule has 0 atom stereocenters. The Hall–Kier alpha value is -2.66. The summed E-state index contributed by atoms with van der Waals surface area (Å²) >= 11 is 0. The zero-order valence-electron chi connectivity index (χ0n) is 16.1. The molecule has 0 aliphatic heterocycles. The van der Waals surface area contributed by atoms with E-state index >= 15 is 0 Å². The number of halogens is 6. The summed E-state index contributed by atoms with van der Waals surface area (Å²) in [7, 11) is 2.67. The third-order valence-electron chi connectivity index (χ3n) is 4.58. The molecule has 1 N–H and O–H groups in total. The summed E-state index contributed by atoms with van der Waals surface area (Å²) in [6, 6.07) is 4.64. The van der Waals surface area contributed by atoms with Gasteiger partial charge in [0.2, 0.25) is 0 Å². The molecule has 1 heterocycles. The summed E-state index contributed by atoms with van der Waals surface area (Å²) in [5, 5.41) is 10.4. The standard InChI is InChI=1S/C19H18F6N2O3/c1-4-11-9-15(16(28)27(2)30-3)26-10-14(11)12-5-7-13(8-6-12)17(29,18(20,21)22)19(23,24)25/h5-10,29H,4H2,1-3H3. The van der Waals surface area contributed by atoms with Gasteiger partial charge in [-0.1, -0.05) is 31.2 Å². The molecule has 2 rings (SSSR count).